The second kappa shape index (κ2) is 8.36. The van der Waals surface area contributed by atoms with E-state index in [4.69, 9.17) is 10.5 Å². The number of nitrogens with zero attached hydrogens (tertiary/aromatic N) is 3. The molecule has 0 spiro atoms. The van der Waals surface area contributed by atoms with Crippen LogP contribution in [-0.2, 0) is 4.79 Å². The summed E-state index contributed by atoms with van der Waals surface area (Å²) in [7, 11) is 1.65. The van der Waals surface area contributed by atoms with E-state index in [0.717, 1.165) is 53.0 Å². The number of anilines is 1. The van der Waals surface area contributed by atoms with Gasteiger partial charge in [0.05, 0.1) is 18.2 Å². The van der Waals surface area contributed by atoms with Crippen LogP contribution in [0, 0.1) is 0 Å². The van der Waals surface area contributed by atoms with Gasteiger partial charge < -0.3 is 15.4 Å². The molecule has 1 aliphatic rings. The summed E-state index contributed by atoms with van der Waals surface area (Å²) in [6, 6.07) is 7.85. The zero-order valence-electron chi connectivity index (χ0n) is 15.7. The highest BCUT2D eigenvalue weighted by molar-refractivity contribution is 7.99. The van der Waals surface area contributed by atoms with Crippen LogP contribution in [0.3, 0.4) is 0 Å². The summed E-state index contributed by atoms with van der Waals surface area (Å²) >= 11 is 2.90. The summed E-state index contributed by atoms with van der Waals surface area (Å²) < 4.78 is 5.22. The predicted molar refractivity (Wildman–Crippen MR) is 115 cm³/mol. The summed E-state index contributed by atoms with van der Waals surface area (Å²) in [5.41, 5.74) is 8.33. The lowest BCUT2D eigenvalue weighted by molar-refractivity contribution is -0.129. The Labute approximate surface area is 172 Å². The van der Waals surface area contributed by atoms with Crippen LogP contribution >= 0.6 is 23.1 Å². The first-order valence-corrected chi connectivity index (χ1v) is 11.1. The first-order chi connectivity index (χ1) is 13.7. The van der Waals surface area contributed by atoms with Crippen molar-refractivity contribution in [1.82, 2.24) is 14.9 Å². The highest BCUT2D eigenvalue weighted by atomic mass is 32.2. The van der Waals surface area contributed by atoms with Crippen molar-refractivity contribution in [1.29, 1.82) is 0 Å². The number of likely N-dealkylation sites (tertiary alicyclic amines) is 1. The Morgan fingerprint density at radius 1 is 1.21 bits per heavy atom. The highest BCUT2D eigenvalue weighted by Gasteiger charge is 2.18. The average molecular weight is 415 g/mol. The monoisotopic (exact) mass is 414 g/mol. The Morgan fingerprint density at radius 2 is 1.96 bits per heavy atom. The molecule has 0 saturated carbocycles. The number of ether oxygens (including phenoxy) is 1. The van der Waals surface area contributed by atoms with E-state index in [1.807, 2.05) is 34.5 Å². The van der Waals surface area contributed by atoms with Crippen LogP contribution in [0.4, 0.5) is 5.82 Å². The molecule has 1 aromatic carbocycles. The number of nitrogen functional groups attached to an aromatic ring is 1. The SMILES string of the molecule is COc1ccc(-c2csc3nc(SCC(=O)N4CCCCC4)nc(N)c23)cc1. The summed E-state index contributed by atoms with van der Waals surface area (Å²) in [4.78, 5) is 24.2. The molecule has 1 aliphatic heterocycles. The number of hydrogen-bond acceptors (Lipinski definition) is 7. The van der Waals surface area contributed by atoms with Crippen LogP contribution in [0.15, 0.2) is 34.8 Å². The van der Waals surface area contributed by atoms with Crippen molar-refractivity contribution >= 4 is 45.0 Å². The van der Waals surface area contributed by atoms with Gasteiger partial charge in [-0.05, 0) is 37.0 Å². The van der Waals surface area contributed by atoms with E-state index in [1.54, 1.807) is 7.11 Å². The first kappa shape index (κ1) is 19.0. The fourth-order valence-corrected chi connectivity index (χ4v) is 5.12. The second-order valence-electron chi connectivity index (χ2n) is 6.68. The minimum absolute atomic E-state index is 0.150. The van der Waals surface area contributed by atoms with Crippen molar-refractivity contribution in [3.63, 3.8) is 0 Å². The topological polar surface area (TPSA) is 81.3 Å². The molecule has 146 valence electrons. The van der Waals surface area contributed by atoms with Gasteiger partial charge in [-0.15, -0.1) is 11.3 Å². The molecule has 3 heterocycles. The molecule has 2 aromatic heterocycles. The minimum atomic E-state index is 0.150. The van der Waals surface area contributed by atoms with E-state index in [1.165, 1.54) is 29.5 Å². The maximum Gasteiger partial charge on any atom is 0.233 e. The van der Waals surface area contributed by atoms with Gasteiger partial charge in [-0.2, -0.15) is 0 Å². The summed E-state index contributed by atoms with van der Waals surface area (Å²) in [6.45, 7) is 1.72. The van der Waals surface area contributed by atoms with Gasteiger partial charge >= 0.3 is 0 Å². The first-order valence-electron chi connectivity index (χ1n) is 9.25. The number of nitrogens with two attached hydrogens (primary N) is 1. The summed E-state index contributed by atoms with van der Waals surface area (Å²) in [5, 5.41) is 3.46. The molecule has 0 atom stereocenters. The standard InChI is InChI=1S/C20H22N4O2S2/c1-26-14-7-5-13(6-8-14)15-11-27-19-17(15)18(21)22-20(23-19)28-12-16(25)24-9-3-2-4-10-24/h5-8,11H,2-4,9-10,12H2,1H3,(H2,21,22,23). The third kappa shape index (κ3) is 3.93. The number of thioether (sulfide) groups is 1. The number of rotatable bonds is 5. The molecule has 1 fully saturated rings. The molecule has 1 amide bonds. The fourth-order valence-electron chi connectivity index (χ4n) is 3.36. The van der Waals surface area contributed by atoms with Crippen molar-refractivity contribution in [3.05, 3.63) is 29.6 Å². The Balaban J connectivity index is 1.53. The second-order valence-corrected chi connectivity index (χ2v) is 8.48. The number of carbonyl (C=O) groups is 1. The van der Waals surface area contributed by atoms with Gasteiger partial charge in [-0.25, -0.2) is 9.97 Å². The largest absolute Gasteiger partial charge is 0.497 e. The van der Waals surface area contributed by atoms with Crippen LogP contribution in [0.5, 0.6) is 5.75 Å². The van der Waals surface area contributed by atoms with Crippen LogP contribution in [-0.4, -0.2) is 46.7 Å². The lowest BCUT2D eigenvalue weighted by atomic mass is 10.1. The Morgan fingerprint density at radius 3 is 2.68 bits per heavy atom. The maximum absolute atomic E-state index is 12.4. The Kier molecular flexibility index (Phi) is 5.68. The van der Waals surface area contributed by atoms with Crippen molar-refractivity contribution in [2.45, 2.75) is 24.4 Å². The number of aromatic nitrogens is 2. The van der Waals surface area contributed by atoms with E-state index >= 15 is 0 Å². The van der Waals surface area contributed by atoms with Crippen molar-refractivity contribution < 1.29 is 9.53 Å². The van der Waals surface area contributed by atoms with Crippen LogP contribution in [0.25, 0.3) is 21.3 Å². The average Bonchev–Trinajstić information content (AvgIpc) is 3.17. The van der Waals surface area contributed by atoms with Crippen LogP contribution in [0.2, 0.25) is 0 Å². The zero-order valence-corrected chi connectivity index (χ0v) is 17.3. The molecular formula is C20H22N4O2S2. The van der Waals surface area contributed by atoms with Crippen molar-refractivity contribution in [3.8, 4) is 16.9 Å². The van der Waals surface area contributed by atoms with Crippen LogP contribution < -0.4 is 10.5 Å². The van der Waals surface area contributed by atoms with Crippen LogP contribution in [0.1, 0.15) is 19.3 Å². The van der Waals surface area contributed by atoms with Gasteiger partial charge in [0, 0.05) is 24.0 Å². The summed E-state index contributed by atoms with van der Waals surface area (Å²) in [6.07, 6.45) is 3.40. The third-order valence-electron chi connectivity index (χ3n) is 4.88. The van der Waals surface area contributed by atoms with Gasteiger partial charge in [0.2, 0.25) is 5.91 Å². The molecule has 0 aliphatic carbocycles. The summed E-state index contributed by atoms with van der Waals surface area (Å²) in [5.74, 6) is 1.76. The lowest BCUT2D eigenvalue weighted by Gasteiger charge is -2.26. The molecule has 0 bridgehead atoms. The van der Waals surface area contributed by atoms with E-state index in [2.05, 4.69) is 9.97 Å². The minimum Gasteiger partial charge on any atom is -0.497 e. The lowest BCUT2D eigenvalue weighted by Crippen LogP contribution is -2.36. The Bertz CT molecular complexity index is 982. The number of thiophene rings is 1. The number of fused-ring (bicyclic) bond motifs is 1. The van der Waals surface area contributed by atoms with Gasteiger partial charge in [0.25, 0.3) is 0 Å². The number of methoxy groups -OCH3 is 1. The molecule has 3 aromatic rings. The number of hydrogen-bond donors (Lipinski definition) is 1. The van der Waals surface area contributed by atoms with Gasteiger partial charge in [0.1, 0.15) is 16.4 Å². The molecule has 28 heavy (non-hydrogen) atoms. The maximum atomic E-state index is 12.4. The number of piperidine rings is 1. The molecule has 0 radical (unpaired) electrons. The predicted octanol–water partition coefficient (Wildman–Crippen LogP) is 4.05. The smallest absolute Gasteiger partial charge is 0.233 e. The van der Waals surface area contributed by atoms with E-state index in [9.17, 15) is 4.79 Å². The van der Waals surface area contributed by atoms with Gasteiger partial charge in [0.15, 0.2) is 5.16 Å². The quantitative estimate of drug-likeness (QED) is 0.501. The third-order valence-corrected chi connectivity index (χ3v) is 6.58. The number of carbonyl (C=O) groups excluding carboxylic acids is 1. The molecule has 4 rings (SSSR count). The van der Waals surface area contributed by atoms with Crippen molar-refractivity contribution in [2.75, 3.05) is 31.7 Å². The molecule has 8 heteroatoms. The van der Waals surface area contributed by atoms with Gasteiger partial charge in [-0.1, -0.05) is 23.9 Å². The van der Waals surface area contributed by atoms with Gasteiger partial charge in [-0.3, -0.25) is 4.79 Å². The molecule has 0 unspecified atom stereocenters. The normalized spacial score (nSPS) is 14.4. The Hall–Kier alpha value is -2.32. The van der Waals surface area contributed by atoms with E-state index in [0.29, 0.717) is 16.7 Å². The molecule has 2 N–H and O–H groups in total. The fraction of sp³-hybridized carbons (Fsp3) is 0.350. The van der Waals surface area contributed by atoms with E-state index < -0.39 is 0 Å². The highest BCUT2D eigenvalue weighted by Crippen LogP contribution is 2.37. The van der Waals surface area contributed by atoms with E-state index in [-0.39, 0.29) is 5.91 Å². The molecule has 6 nitrogen and oxygen atoms in total. The number of amides is 1. The number of benzene rings is 1. The van der Waals surface area contributed by atoms with Crippen molar-refractivity contribution in [2.24, 2.45) is 0 Å². The molecule has 1 saturated heterocycles. The molecular weight excluding hydrogens is 392 g/mol. The zero-order chi connectivity index (χ0) is 19.5.